The number of hydrogen-bond donors (Lipinski definition) is 1. The molecule has 5 heteroatoms. The van der Waals surface area contributed by atoms with Crippen LogP contribution < -0.4 is 11.4 Å². The molecule has 0 amide bonds. The predicted molar refractivity (Wildman–Crippen MR) is 94.5 cm³/mol. The number of thiophene rings is 1. The highest BCUT2D eigenvalue weighted by atomic mass is 32.1. The number of fused-ring (bicyclic) bond motifs is 3. The van der Waals surface area contributed by atoms with E-state index < -0.39 is 0 Å². The van der Waals surface area contributed by atoms with Crippen molar-refractivity contribution in [3.63, 3.8) is 0 Å². The highest BCUT2D eigenvalue weighted by Gasteiger charge is 2.20. The quantitative estimate of drug-likeness (QED) is 0.582. The SMILES string of the molecule is Nn1c(Cc2ccccc2)nc2sc3c(c2c1=O)CCCCC3. The average Bonchev–Trinajstić information content (AvgIpc) is 2.75. The van der Waals surface area contributed by atoms with Crippen molar-refractivity contribution in [2.45, 2.75) is 38.5 Å². The van der Waals surface area contributed by atoms with Crippen LogP contribution in [0.25, 0.3) is 10.2 Å². The molecule has 1 aliphatic carbocycles. The lowest BCUT2D eigenvalue weighted by Crippen LogP contribution is -2.31. The Bertz CT molecular complexity index is 911. The zero-order valence-electron chi connectivity index (χ0n) is 12.9. The van der Waals surface area contributed by atoms with Crippen LogP contribution in [0, 0.1) is 0 Å². The van der Waals surface area contributed by atoms with Crippen molar-refractivity contribution in [1.29, 1.82) is 0 Å². The molecule has 0 unspecified atom stereocenters. The lowest BCUT2D eigenvalue weighted by Gasteiger charge is -2.08. The minimum atomic E-state index is -0.0969. The van der Waals surface area contributed by atoms with E-state index in [9.17, 15) is 4.79 Å². The van der Waals surface area contributed by atoms with E-state index >= 15 is 0 Å². The maximum Gasteiger partial charge on any atom is 0.280 e. The van der Waals surface area contributed by atoms with E-state index in [4.69, 9.17) is 10.8 Å². The summed E-state index contributed by atoms with van der Waals surface area (Å²) in [5.41, 5.74) is 2.21. The second kappa shape index (κ2) is 5.81. The number of aromatic nitrogens is 2. The van der Waals surface area contributed by atoms with Gasteiger partial charge in [-0.25, -0.2) is 9.66 Å². The lowest BCUT2D eigenvalue weighted by atomic mass is 10.1. The third-order valence-corrected chi connectivity index (χ3v) is 5.73. The predicted octanol–water partition coefficient (Wildman–Crippen LogP) is 3.03. The number of nitrogen functional groups attached to an aromatic ring is 1. The van der Waals surface area contributed by atoms with E-state index in [1.165, 1.54) is 28.0 Å². The van der Waals surface area contributed by atoms with Crippen molar-refractivity contribution in [2.75, 3.05) is 5.84 Å². The minimum Gasteiger partial charge on any atom is -0.335 e. The third-order valence-electron chi connectivity index (χ3n) is 4.55. The van der Waals surface area contributed by atoms with Gasteiger partial charge in [0.25, 0.3) is 5.56 Å². The fourth-order valence-corrected chi connectivity index (χ4v) is 4.61. The number of hydrogen-bond acceptors (Lipinski definition) is 4. The summed E-state index contributed by atoms with van der Waals surface area (Å²) >= 11 is 1.68. The third kappa shape index (κ3) is 2.55. The van der Waals surface area contributed by atoms with Gasteiger partial charge in [-0.2, -0.15) is 0 Å². The van der Waals surface area contributed by atoms with E-state index in [0.717, 1.165) is 35.0 Å². The Labute approximate surface area is 138 Å². The molecular weight excluding hydrogens is 306 g/mol. The zero-order chi connectivity index (χ0) is 15.8. The molecule has 0 radical (unpaired) electrons. The molecule has 4 nitrogen and oxygen atoms in total. The highest BCUT2D eigenvalue weighted by Crippen LogP contribution is 2.33. The van der Waals surface area contributed by atoms with Crippen LogP contribution in [-0.4, -0.2) is 9.66 Å². The first-order valence-electron chi connectivity index (χ1n) is 8.09. The summed E-state index contributed by atoms with van der Waals surface area (Å²) in [5.74, 6) is 6.70. The van der Waals surface area contributed by atoms with Gasteiger partial charge in [0, 0.05) is 11.3 Å². The molecule has 0 bridgehead atoms. The van der Waals surface area contributed by atoms with Gasteiger partial charge in [-0.3, -0.25) is 4.79 Å². The van der Waals surface area contributed by atoms with Crippen LogP contribution in [0.1, 0.15) is 41.1 Å². The molecule has 2 heterocycles. The van der Waals surface area contributed by atoms with Crippen molar-refractivity contribution in [2.24, 2.45) is 0 Å². The van der Waals surface area contributed by atoms with Crippen LogP contribution in [-0.2, 0) is 19.3 Å². The largest absolute Gasteiger partial charge is 0.335 e. The molecule has 118 valence electrons. The minimum absolute atomic E-state index is 0.0969. The van der Waals surface area contributed by atoms with Gasteiger partial charge in [-0.1, -0.05) is 36.8 Å². The summed E-state index contributed by atoms with van der Waals surface area (Å²) < 4.78 is 1.24. The second-order valence-corrected chi connectivity index (χ2v) is 7.19. The van der Waals surface area contributed by atoms with Crippen LogP contribution >= 0.6 is 11.3 Å². The number of rotatable bonds is 2. The first-order valence-corrected chi connectivity index (χ1v) is 8.91. The van der Waals surface area contributed by atoms with Crippen LogP contribution in [0.2, 0.25) is 0 Å². The van der Waals surface area contributed by atoms with Crippen LogP contribution in [0.3, 0.4) is 0 Å². The molecule has 1 aliphatic rings. The topological polar surface area (TPSA) is 60.9 Å². The standard InChI is InChI=1S/C18H19N3OS/c19-21-15(11-12-7-3-1-4-8-12)20-17-16(18(21)22)13-9-5-2-6-10-14(13)23-17/h1,3-4,7-8H,2,5-6,9-11,19H2. The number of aryl methyl sites for hydroxylation is 2. The van der Waals surface area contributed by atoms with Crippen LogP contribution in [0.15, 0.2) is 35.1 Å². The van der Waals surface area contributed by atoms with E-state index in [1.807, 2.05) is 30.3 Å². The molecule has 23 heavy (non-hydrogen) atoms. The molecule has 0 saturated heterocycles. The van der Waals surface area contributed by atoms with Gasteiger partial charge in [0.2, 0.25) is 0 Å². The summed E-state index contributed by atoms with van der Waals surface area (Å²) in [5, 5.41) is 0.756. The van der Waals surface area contributed by atoms with E-state index in [0.29, 0.717) is 12.2 Å². The summed E-state index contributed by atoms with van der Waals surface area (Å²) in [7, 11) is 0. The molecular formula is C18H19N3OS. The number of nitrogens with zero attached hydrogens (tertiary/aromatic N) is 2. The van der Waals surface area contributed by atoms with Crippen molar-refractivity contribution in [3.05, 3.63) is 62.5 Å². The first kappa shape index (κ1) is 14.5. The fourth-order valence-electron chi connectivity index (χ4n) is 3.34. The Morgan fingerprint density at radius 2 is 1.91 bits per heavy atom. The van der Waals surface area contributed by atoms with Gasteiger partial charge in [0.15, 0.2) is 0 Å². The molecule has 4 rings (SSSR count). The van der Waals surface area contributed by atoms with E-state index in [-0.39, 0.29) is 5.56 Å². The van der Waals surface area contributed by atoms with E-state index in [2.05, 4.69) is 0 Å². The van der Waals surface area contributed by atoms with Crippen molar-refractivity contribution in [1.82, 2.24) is 9.66 Å². The molecule has 0 spiro atoms. The second-order valence-electron chi connectivity index (χ2n) is 6.11. The Balaban J connectivity index is 1.85. The Morgan fingerprint density at radius 1 is 1.13 bits per heavy atom. The average molecular weight is 325 g/mol. The maximum absolute atomic E-state index is 12.8. The molecule has 1 aromatic carbocycles. The van der Waals surface area contributed by atoms with Gasteiger partial charge in [-0.05, 0) is 36.8 Å². The molecule has 0 fully saturated rings. The van der Waals surface area contributed by atoms with Crippen molar-refractivity contribution >= 4 is 21.6 Å². The molecule has 3 aromatic rings. The fraction of sp³-hybridized carbons (Fsp3) is 0.333. The monoisotopic (exact) mass is 325 g/mol. The lowest BCUT2D eigenvalue weighted by molar-refractivity contribution is 0.713. The summed E-state index contributed by atoms with van der Waals surface area (Å²) in [6, 6.07) is 10.0. The number of nitrogens with two attached hydrogens (primary N) is 1. The Kier molecular flexibility index (Phi) is 3.65. The van der Waals surface area contributed by atoms with Crippen LogP contribution in [0.5, 0.6) is 0 Å². The molecule has 0 saturated carbocycles. The Morgan fingerprint density at radius 3 is 2.74 bits per heavy atom. The van der Waals surface area contributed by atoms with Gasteiger partial charge in [-0.15, -0.1) is 11.3 Å². The first-order chi connectivity index (χ1) is 11.2. The summed E-state index contributed by atoms with van der Waals surface area (Å²) in [6.07, 6.45) is 6.20. The number of benzene rings is 1. The molecule has 0 aliphatic heterocycles. The maximum atomic E-state index is 12.8. The summed E-state index contributed by atoms with van der Waals surface area (Å²) in [4.78, 5) is 19.7. The highest BCUT2D eigenvalue weighted by molar-refractivity contribution is 7.18. The zero-order valence-corrected chi connectivity index (χ0v) is 13.7. The smallest absolute Gasteiger partial charge is 0.280 e. The van der Waals surface area contributed by atoms with Gasteiger partial charge < -0.3 is 5.84 Å². The van der Waals surface area contributed by atoms with Crippen molar-refractivity contribution < 1.29 is 0 Å². The van der Waals surface area contributed by atoms with Crippen molar-refractivity contribution in [3.8, 4) is 0 Å². The van der Waals surface area contributed by atoms with Gasteiger partial charge >= 0.3 is 0 Å². The Hall–Kier alpha value is -2.14. The normalized spacial score (nSPS) is 14.6. The summed E-state index contributed by atoms with van der Waals surface area (Å²) in [6.45, 7) is 0. The van der Waals surface area contributed by atoms with Gasteiger partial charge in [0.05, 0.1) is 5.39 Å². The molecule has 2 aromatic heterocycles. The van der Waals surface area contributed by atoms with E-state index in [1.54, 1.807) is 11.3 Å². The van der Waals surface area contributed by atoms with Crippen LogP contribution in [0.4, 0.5) is 0 Å². The molecule has 2 N–H and O–H groups in total. The van der Waals surface area contributed by atoms with Gasteiger partial charge in [0.1, 0.15) is 10.7 Å². The molecule has 0 atom stereocenters.